The van der Waals surface area contributed by atoms with Crippen molar-refractivity contribution in [2.24, 2.45) is 5.41 Å². The predicted octanol–water partition coefficient (Wildman–Crippen LogP) is 12.6. The first kappa shape index (κ1) is 44.9. The van der Waals surface area contributed by atoms with Gasteiger partial charge in [0.2, 0.25) is 0 Å². The summed E-state index contributed by atoms with van der Waals surface area (Å²) in [5, 5.41) is 3.18. The molecule has 3 unspecified atom stereocenters. The van der Waals surface area contributed by atoms with Crippen LogP contribution >= 0.6 is 0 Å². The Morgan fingerprint density at radius 2 is 1.14 bits per heavy atom. The van der Waals surface area contributed by atoms with Crippen LogP contribution in [0.3, 0.4) is 0 Å². The summed E-state index contributed by atoms with van der Waals surface area (Å²) in [6.07, 6.45) is 14.1. The largest absolute Gasteiger partial charge is 0.490 e. The normalized spacial score (nSPS) is 24.6. The number of aryl methyl sites for hydroxylation is 2. The third-order valence-corrected chi connectivity index (χ3v) is 13.9. The van der Waals surface area contributed by atoms with Crippen molar-refractivity contribution in [3.63, 3.8) is 0 Å². The Hall–Kier alpha value is -4.73. The standard InChI is InChI=1S/C31H43NO4.C23H26O4/c1-6-28(32-29(33)36-30(3,4)5)31(7-2)19-17-24(18-20-31)34-25-14-16-27-23(21-25)13-15-26(35-27)22-11-9-8-10-12-22;1-2-4-17(5-3-1)21-8-6-18-16-20(7-9-22(18)27-21)26-19-10-12-23(13-11-19)24-14-15-25-23/h8-12,14,16,21,24,26,28H,6-7,13,15,17-20H2,1-5H3,(H,32,33);1-5,7,9,16,19,21H,6,8,10-15H2. The van der Waals surface area contributed by atoms with Gasteiger partial charge in [0.05, 0.1) is 25.4 Å². The number of benzene rings is 4. The first-order valence-electron chi connectivity index (χ1n) is 23.8. The molecule has 1 spiro atoms. The third kappa shape index (κ3) is 11.3. The molecule has 3 heterocycles. The highest BCUT2D eigenvalue weighted by Crippen LogP contribution is 2.45. The van der Waals surface area contributed by atoms with Gasteiger partial charge < -0.3 is 38.5 Å². The van der Waals surface area contributed by atoms with Crippen molar-refractivity contribution < 1.29 is 38.0 Å². The van der Waals surface area contributed by atoms with Gasteiger partial charge in [-0.15, -0.1) is 0 Å². The fraction of sp³-hybridized carbons (Fsp3) is 0.537. The topological polar surface area (TPSA) is 93.7 Å². The van der Waals surface area contributed by atoms with E-state index in [1.807, 2.05) is 45.0 Å². The average molecular weight is 860 g/mol. The molecule has 338 valence electrons. The molecule has 3 aliphatic heterocycles. The Bertz CT molecular complexity index is 2080. The van der Waals surface area contributed by atoms with Crippen LogP contribution in [-0.4, -0.2) is 48.9 Å². The second-order valence-corrected chi connectivity index (χ2v) is 19.2. The van der Waals surface area contributed by atoms with Crippen LogP contribution in [0.4, 0.5) is 4.79 Å². The van der Waals surface area contributed by atoms with E-state index in [-0.39, 0.29) is 47.8 Å². The summed E-state index contributed by atoms with van der Waals surface area (Å²) < 4.78 is 42.4. The Balaban J connectivity index is 0.000000179. The van der Waals surface area contributed by atoms with Gasteiger partial charge in [-0.1, -0.05) is 74.5 Å². The van der Waals surface area contributed by atoms with E-state index in [9.17, 15) is 4.79 Å². The molecule has 5 aliphatic rings. The van der Waals surface area contributed by atoms with Gasteiger partial charge in [-0.3, -0.25) is 0 Å². The highest BCUT2D eigenvalue weighted by molar-refractivity contribution is 5.68. The van der Waals surface area contributed by atoms with E-state index in [0.29, 0.717) is 0 Å². The van der Waals surface area contributed by atoms with Gasteiger partial charge in [0.1, 0.15) is 40.8 Å². The van der Waals surface area contributed by atoms with Crippen molar-refractivity contribution in [1.82, 2.24) is 5.32 Å². The van der Waals surface area contributed by atoms with Crippen LogP contribution in [0.2, 0.25) is 0 Å². The van der Waals surface area contributed by atoms with Crippen LogP contribution in [0, 0.1) is 5.41 Å². The summed E-state index contributed by atoms with van der Waals surface area (Å²) in [5.74, 6) is 3.51. The van der Waals surface area contributed by atoms with Crippen molar-refractivity contribution in [2.75, 3.05) is 13.2 Å². The Morgan fingerprint density at radius 3 is 1.59 bits per heavy atom. The number of hydrogen-bond donors (Lipinski definition) is 1. The monoisotopic (exact) mass is 860 g/mol. The maximum atomic E-state index is 12.5. The van der Waals surface area contributed by atoms with E-state index in [1.165, 1.54) is 22.3 Å². The fourth-order valence-corrected chi connectivity index (χ4v) is 10.4. The smallest absolute Gasteiger partial charge is 0.407 e. The number of carbonyl (C=O) groups excluding carboxylic acids is 1. The first-order valence-corrected chi connectivity index (χ1v) is 23.8. The Labute approximate surface area is 375 Å². The van der Waals surface area contributed by atoms with Gasteiger partial charge in [-0.2, -0.15) is 0 Å². The molecule has 4 aromatic rings. The maximum Gasteiger partial charge on any atom is 0.407 e. The number of carbonyl (C=O) groups is 1. The predicted molar refractivity (Wildman–Crippen MR) is 246 cm³/mol. The highest BCUT2D eigenvalue weighted by Gasteiger charge is 2.42. The van der Waals surface area contributed by atoms with Crippen LogP contribution in [0.5, 0.6) is 23.0 Å². The summed E-state index contributed by atoms with van der Waals surface area (Å²) in [5.41, 5.74) is 4.55. The number of fused-ring (bicyclic) bond motifs is 2. The van der Waals surface area contributed by atoms with Crippen molar-refractivity contribution in [1.29, 1.82) is 0 Å². The molecule has 4 aromatic carbocycles. The van der Waals surface area contributed by atoms with E-state index >= 15 is 0 Å². The van der Waals surface area contributed by atoms with E-state index < -0.39 is 5.60 Å². The van der Waals surface area contributed by atoms with Gasteiger partial charge in [0, 0.05) is 18.9 Å². The molecule has 9 nitrogen and oxygen atoms in total. The minimum absolute atomic E-state index is 0.0850. The Kier molecular flexibility index (Phi) is 14.2. The minimum Gasteiger partial charge on any atom is -0.490 e. The lowest BCUT2D eigenvalue weighted by Crippen LogP contribution is -2.50. The molecule has 1 amide bonds. The summed E-state index contributed by atoms with van der Waals surface area (Å²) in [6.45, 7) is 11.5. The molecule has 0 radical (unpaired) electrons. The third-order valence-electron chi connectivity index (χ3n) is 13.9. The molecule has 0 bridgehead atoms. The second kappa shape index (κ2) is 20.0. The van der Waals surface area contributed by atoms with Crippen molar-refractivity contribution >= 4 is 6.09 Å². The zero-order chi connectivity index (χ0) is 43.9. The number of ether oxygens (including phenoxy) is 7. The highest BCUT2D eigenvalue weighted by atomic mass is 16.7. The van der Waals surface area contributed by atoms with E-state index in [0.717, 1.165) is 126 Å². The molecule has 3 atom stereocenters. The number of amides is 1. The zero-order valence-electron chi connectivity index (χ0n) is 38.2. The van der Waals surface area contributed by atoms with E-state index in [4.69, 9.17) is 33.2 Å². The number of rotatable bonds is 10. The fourth-order valence-electron chi connectivity index (χ4n) is 10.4. The van der Waals surface area contributed by atoms with Gasteiger partial charge in [-0.25, -0.2) is 4.79 Å². The van der Waals surface area contributed by atoms with Crippen LogP contribution < -0.4 is 24.3 Å². The molecule has 2 aliphatic carbocycles. The van der Waals surface area contributed by atoms with Gasteiger partial charge >= 0.3 is 6.09 Å². The number of nitrogens with one attached hydrogen (secondary N) is 1. The lowest BCUT2D eigenvalue weighted by Gasteiger charge is -2.45. The van der Waals surface area contributed by atoms with Gasteiger partial charge in [-0.05, 0) is 162 Å². The number of alkyl carbamates (subject to hydrolysis) is 1. The lowest BCUT2D eigenvalue weighted by molar-refractivity contribution is -0.186. The van der Waals surface area contributed by atoms with Gasteiger partial charge in [0.15, 0.2) is 5.79 Å². The van der Waals surface area contributed by atoms with Crippen LogP contribution in [0.1, 0.15) is 146 Å². The van der Waals surface area contributed by atoms with Crippen LogP contribution in [0.25, 0.3) is 0 Å². The first-order chi connectivity index (χ1) is 30.5. The Morgan fingerprint density at radius 1 is 0.667 bits per heavy atom. The quantitative estimate of drug-likeness (QED) is 0.169. The van der Waals surface area contributed by atoms with Gasteiger partial charge in [0.25, 0.3) is 0 Å². The molecule has 1 N–H and O–H groups in total. The zero-order valence-corrected chi connectivity index (χ0v) is 38.2. The second-order valence-electron chi connectivity index (χ2n) is 19.2. The van der Waals surface area contributed by atoms with Crippen LogP contribution in [-0.2, 0) is 27.1 Å². The summed E-state index contributed by atoms with van der Waals surface area (Å²) in [7, 11) is 0. The van der Waals surface area contributed by atoms with Crippen molar-refractivity contribution in [3.05, 3.63) is 119 Å². The number of hydrogen-bond acceptors (Lipinski definition) is 8. The van der Waals surface area contributed by atoms with E-state index in [1.54, 1.807) is 0 Å². The molecular formula is C54H69NO8. The molecule has 9 heteroatoms. The van der Waals surface area contributed by atoms with E-state index in [2.05, 4.69) is 92.0 Å². The molecular weight excluding hydrogens is 791 g/mol. The minimum atomic E-state index is -0.490. The average Bonchev–Trinajstić information content (AvgIpc) is 3.77. The molecule has 0 aromatic heterocycles. The lowest BCUT2D eigenvalue weighted by atomic mass is 9.66. The molecule has 3 fully saturated rings. The van der Waals surface area contributed by atoms with Crippen LogP contribution in [0.15, 0.2) is 97.1 Å². The summed E-state index contributed by atoms with van der Waals surface area (Å²) in [6, 6.07) is 33.6. The molecule has 63 heavy (non-hydrogen) atoms. The molecule has 9 rings (SSSR count). The summed E-state index contributed by atoms with van der Waals surface area (Å²) >= 11 is 0. The molecule has 2 saturated carbocycles. The van der Waals surface area contributed by atoms with Crippen molar-refractivity contribution in [2.45, 2.75) is 166 Å². The maximum absolute atomic E-state index is 12.5. The SMILES string of the molecule is CCC(NC(=O)OC(C)(C)C)C1(CC)CCC(Oc2ccc3c(c2)CCC(c2ccccc2)O3)CC1.c1ccc(C2CCc3cc(OC4CCC5(CC4)OCCO5)ccc3O2)cc1. The van der Waals surface area contributed by atoms with Crippen molar-refractivity contribution in [3.8, 4) is 23.0 Å². The molecule has 1 saturated heterocycles. The summed E-state index contributed by atoms with van der Waals surface area (Å²) in [4.78, 5) is 12.5.